The summed E-state index contributed by atoms with van der Waals surface area (Å²) in [5.41, 5.74) is 5.42. The molecule has 0 aliphatic carbocycles. The molecule has 0 radical (unpaired) electrons. The Morgan fingerprint density at radius 2 is 1.76 bits per heavy atom. The Bertz CT molecular complexity index is 1550. The first kappa shape index (κ1) is 29.3. The van der Waals surface area contributed by atoms with Gasteiger partial charge in [-0.15, -0.1) is 11.3 Å². The van der Waals surface area contributed by atoms with Gasteiger partial charge in [0.25, 0.3) is 5.91 Å². The summed E-state index contributed by atoms with van der Waals surface area (Å²) in [4.78, 5) is 21.2. The number of halogens is 2. The van der Waals surface area contributed by atoms with Gasteiger partial charge in [-0.1, -0.05) is 31.2 Å². The van der Waals surface area contributed by atoms with E-state index in [-0.39, 0.29) is 13.0 Å². The molecule has 0 spiro atoms. The number of carbonyl (C=O) groups excluding carboxylic acids is 1. The molecule has 0 aliphatic rings. The van der Waals surface area contributed by atoms with Crippen LogP contribution in [0.2, 0.25) is 0 Å². The van der Waals surface area contributed by atoms with E-state index in [0.29, 0.717) is 17.7 Å². The second-order valence-corrected chi connectivity index (χ2v) is 11.0. The van der Waals surface area contributed by atoms with Crippen molar-refractivity contribution in [2.45, 2.75) is 38.5 Å². The number of aliphatic hydroxyl groups is 1. The number of aryl methyl sites for hydroxylation is 1. The molecule has 0 fully saturated rings. The number of aliphatic hydroxyl groups excluding tert-OH is 1. The smallest absolute Gasteiger partial charge is 0.251 e. The molecule has 216 valence electrons. The van der Waals surface area contributed by atoms with Crippen molar-refractivity contribution in [2.75, 3.05) is 6.54 Å². The molecule has 5 aromatic rings. The molecule has 2 atom stereocenters. The lowest BCUT2D eigenvalue weighted by atomic mass is 9.99. The molecule has 2 aromatic heterocycles. The SMILES string of the molecule is CCc1cccc(CNC[C@H](O)[C@H](Cc2cc(F)cc(F)c2)NC(=O)c2cc(-c3ccc[nH]3)cc(-c3nccs3)c2)c1. The highest BCUT2D eigenvalue weighted by Gasteiger charge is 2.24. The van der Waals surface area contributed by atoms with Crippen LogP contribution in [0.1, 0.15) is 34.0 Å². The highest BCUT2D eigenvalue weighted by molar-refractivity contribution is 7.13. The summed E-state index contributed by atoms with van der Waals surface area (Å²) in [6.45, 7) is 2.77. The number of aromatic amines is 1. The van der Waals surface area contributed by atoms with Crippen molar-refractivity contribution in [3.63, 3.8) is 0 Å². The van der Waals surface area contributed by atoms with E-state index in [1.807, 2.05) is 35.7 Å². The monoisotopic (exact) mass is 586 g/mol. The van der Waals surface area contributed by atoms with Crippen LogP contribution in [-0.2, 0) is 19.4 Å². The highest BCUT2D eigenvalue weighted by atomic mass is 32.1. The number of H-pyrrole nitrogens is 1. The third-order valence-corrected chi connectivity index (χ3v) is 7.85. The van der Waals surface area contributed by atoms with Crippen LogP contribution in [0.25, 0.3) is 21.8 Å². The fraction of sp³-hybridized carbons (Fsp3) is 0.212. The fourth-order valence-electron chi connectivity index (χ4n) is 4.90. The predicted molar refractivity (Wildman–Crippen MR) is 162 cm³/mol. The number of carbonyl (C=O) groups is 1. The number of nitrogens with one attached hydrogen (secondary N) is 3. The minimum Gasteiger partial charge on any atom is -0.390 e. The molecule has 4 N–H and O–H groups in total. The molecule has 0 aliphatic heterocycles. The maximum Gasteiger partial charge on any atom is 0.251 e. The zero-order valence-corrected chi connectivity index (χ0v) is 23.9. The summed E-state index contributed by atoms with van der Waals surface area (Å²) in [6, 6.07) is 19.8. The summed E-state index contributed by atoms with van der Waals surface area (Å²) in [5.74, 6) is -1.85. The van der Waals surface area contributed by atoms with Crippen molar-refractivity contribution in [1.82, 2.24) is 20.6 Å². The third-order valence-electron chi connectivity index (χ3n) is 7.02. The quantitative estimate of drug-likeness (QED) is 0.141. The van der Waals surface area contributed by atoms with Crippen LogP contribution in [0.15, 0.2) is 90.6 Å². The van der Waals surface area contributed by atoms with Gasteiger partial charge in [-0.2, -0.15) is 0 Å². The zero-order chi connectivity index (χ0) is 29.5. The molecular weight excluding hydrogens is 554 g/mol. The molecule has 2 heterocycles. The Kier molecular flexibility index (Phi) is 9.53. The summed E-state index contributed by atoms with van der Waals surface area (Å²) in [6.07, 6.45) is 3.42. The Hall–Kier alpha value is -4.18. The van der Waals surface area contributed by atoms with Crippen molar-refractivity contribution in [2.24, 2.45) is 0 Å². The van der Waals surface area contributed by atoms with Crippen LogP contribution in [0, 0.1) is 11.6 Å². The second kappa shape index (κ2) is 13.7. The van der Waals surface area contributed by atoms with Gasteiger partial charge in [-0.05, 0) is 77.6 Å². The molecule has 5 rings (SSSR count). The van der Waals surface area contributed by atoms with E-state index >= 15 is 0 Å². The largest absolute Gasteiger partial charge is 0.390 e. The minimum absolute atomic E-state index is 0.0320. The Balaban J connectivity index is 1.38. The molecule has 0 bridgehead atoms. The predicted octanol–water partition coefficient (Wildman–Crippen LogP) is 6.14. The fourth-order valence-corrected chi connectivity index (χ4v) is 5.52. The van der Waals surface area contributed by atoms with Crippen LogP contribution in [0.5, 0.6) is 0 Å². The summed E-state index contributed by atoms with van der Waals surface area (Å²) in [5, 5.41) is 20.0. The Morgan fingerprint density at radius 1 is 0.976 bits per heavy atom. The second-order valence-electron chi connectivity index (χ2n) is 10.2. The minimum atomic E-state index is -1.04. The number of aromatic nitrogens is 2. The van der Waals surface area contributed by atoms with E-state index in [0.717, 1.165) is 39.9 Å². The lowest BCUT2D eigenvalue weighted by Gasteiger charge is -2.25. The van der Waals surface area contributed by atoms with Crippen molar-refractivity contribution in [3.05, 3.63) is 124 Å². The van der Waals surface area contributed by atoms with Crippen molar-refractivity contribution >= 4 is 17.2 Å². The van der Waals surface area contributed by atoms with E-state index in [1.54, 1.807) is 24.5 Å². The van der Waals surface area contributed by atoms with Crippen LogP contribution in [-0.4, -0.2) is 39.7 Å². The number of amides is 1. The van der Waals surface area contributed by atoms with E-state index in [1.165, 1.54) is 29.0 Å². The maximum atomic E-state index is 14.0. The first-order valence-electron chi connectivity index (χ1n) is 13.8. The molecule has 0 unspecified atom stereocenters. The van der Waals surface area contributed by atoms with Crippen LogP contribution >= 0.6 is 11.3 Å². The number of nitrogens with zero attached hydrogens (tertiary/aromatic N) is 1. The molecule has 3 aromatic carbocycles. The van der Waals surface area contributed by atoms with E-state index in [2.05, 4.69) is 39.7 Å². The molecule has 42 heavy (non-hydrogen) atoms. The van der Waals surface area contributed by atoms with Gasteiger partial charge in [0.05, 0.1) is 12.1 Å². The molecule has 1 amide bonds. The first-order chi connectivity index (χ1) is 20.4. The van der Waals surface area contributed by atoms with Gasteiger partial charge < -0.3 is 20.7 Å². The topological polar surface area (TPSA) is 90.0 Å². The number of thiazole rings is 1. The van der Waals surface area contributed by atoms with Gasteiger partial charge in [0.1, 0.15) is 16.6 Å². The summed E-state index contributed by atoms with van der Waals surface area (Å²) < 4.78 is 28.0. The molecular formula is C33H32F2N4O2S. The van der Waals surface area contributed by atoms with Crippen LogP contribution in [0.3, 0.4) is 0 Å². The molecule has 9 heteroatoms. The van der Waals surface area contributed by atoms with Crippen molar-refractivity contribution in [3.8, 4) is 21.8 Å². The molecule has 6 nitrogen and oxygen atoms in total. The van der Waals surface area contributed by atoms with Gasteiger partial charge in [0.2, 0.25) is 0 Å². The Morgan fingerprint density at radius 3 is 2.48 bits per heavy atom. The van der Waals surface area contributed by atoms with E-state index in [9.17, 15) is 18.7 Å². The maximum absolute atomic E-state index is 14.0. The zero-order valence-electron chi connectivity index (χ0n) is 23.1. The summed E-state index contributed by atoms with van der Waals surface area (Å²) >= 11 is 1.46. The molecule has 0 saturated heterocycles. The number of hydrogen-bond donors (Lipinski definition) is 4. The first-order valence-corrected chi connectivity index (χ1v) is 14.7. The molecule has 0 saturated carbocycles. The lowest BCUT2D eigenvalue weighted by molar-refractivity contribution is 0.0830. The Labute approximate surface area is 247 Å². The van der Waals surface area contributed by atoms with Crippen LogP contribution < -0.4 is 10.6 Å². The highest BCUT2D eigenvalue weighted by Crippen LogP contribution is 2.29. The normalized spacial score (nSPS) is 12.7. The summed E-state index contributed by atoms with van der Waals surface area (Å²) in [7, 11) is 0. The lowest BCUT2D eigenvalue weighted by Crippen LogP contribution is -2.48. The number of hydrogen-bond acceptors (Lipinski definition) is 5. The van der Waals surface area contributed by atoms with E-state index < -0.39 is 29.7 Å². The average molecular weight is 587 g/mol. The van der Waals surface area contributed by atoms with Crippen molar-refractivity contribution in [1.29, 1.82) is 0 Å². The van der Waals surface area contributed by atoms with Gasteiger partial charge in [0.15, 0.2) is 0 Å². The van der Waals surface area contributed by atoms with Gasteiger partial charge in [-0.3, -0.25) is 4.79 Å². The van der Waals surface area contributed by atoms with Gasteiger partial charge in [0, 0.05) is 53.8 Å². The van der Waals surface area contributed by atoms with Gasteiger partial charge >= 0.3 is 0 Å². The third kappa shape index (κ3) is 7.55. The number of rotatable bonds is 12. The average Bonchev–Trinajstić information content (AvgIpc) is 3.72. The van der Waals surface area contributed by atoms with Crippen LogP contribution in [0.4, 0.5) is 8.78 Å². The number of benzene rings is 3. The van der Waals surface area contributed by atoms with Gasteiger partial charge in [-0.25, -0.2) is 13.8 Å². The standard InChI is InChI=1S/C33H32F2N4O2S/c1-2-21-5-3-6-22(11-21)19-36-20-31(40)30(14-23-12-27(34)18-28(35)13-23)39-32(41)25-15-24(29-7-4-8-37-29)16-26(17-25)33-38-9-10-42-33/h3-13,15-18,30-31,36-37,40H,2,14,19-20H2,1H3,(H,39,41)/t30-,31-/m0/s1. The van der Waals surface area contributed by atoms with E-state index in [4.69, 9.17) is 0 Å². The van der Waals surface area contributed by atoms with Crippen molar-refractivity contribution < 1.29 is 18.7 Å².